The summed E-state index contributed by atoms with van der Waals surface area (Å²) in [7, 11) is 1.20. The summed E-state index contributed by atoms with van der Waals surface area (Å²) >= 11 is 5.94. The number of ether oxygens (including phenoxy) is 1. The van der Waals surface area contributed by atoms with E-state index in [1.807, 2.05) is 0 Å². The molecule has 1 aromatic rings. The minimum absolute atomic E-state index is 0.232. The molecule has 0 aromatic heterocycles. The van der Waals surface area contributed by atoms with E-state index < -0.39 is 10.2 Å². The van der Waals surface area contributed by atoms with Crippen molar-refractivity contribution in [2.24, 2.45) is 5.92 Å². The van der Waals surface area contributed by atoms with Crippen LogP contribution in [-0.2, 0) is 10.2 Å². The van der Waals surface area contributed by atoms with Crippen molar-refractivity contribution in [3.05, 3.63) is 23.2 Å². The van der Waals surface area contributed by atoms with Crippen LogP contribution in [0, 0.1) is 5.92 Å². The van der Waals surface area contributed by atoms with Gasteiger partial charge in [-0.3, -0.25) is 0 Å². The molecule has 26 heavy (non-hydrogen) atoms. The molecule has 1 aromatic carbocycles. The summed E-state index contributed by atoms with van der Waals surface area (Å²) in [6, 6.07) is 4.62. The number of carbonyl (C=O) groups is 1. The molecule has 1 aliphatic heterocycles. The highest BCUT2D eigenvalue weighted by molar-refractivity contribution is 7.86. The third kappa shape index (κ3) is 5.23. The van der Waals surface area contributed by atoms with Crippen LogP contribution in [0.15, 0.2) is 18.2 Å². The van der Waals surface area contributed by atoms with E-state index in [1.165, 1.54) is 29.8 Å². The molecule has 2 amide bonds. The number of urea groups is 1. The van der Waals surface area contributed by atoms with Crippen molar-refractivity contribution in [3.8, 4) is 5.75 Å². The van der Waals surface area contributed by atoms with E-state index in [0.717, 1.165) is 0 Å². The van der Waals surface area contributed by atoms with Crippen LogP contribution in [0.1, 0.15) is 12.8 Å². The van der Waals surface area contributed by atoms with Crippen LogP contribution in [-0.4, -0.2) is 63.9 Å². The Balaban J connectivity index is 1.82. The fourth-order valence-corrected chi connectivity index (χ4v) is 4.06. The molecule has 0 aliphatic carbocycles. The van der Waals surface area contributed by atoms with Crippen LogP contribution in [0.5, 0.6) is 5.75 Å². The van der Waals surface area contributed by atoms with Gasteiger partial charge in [0.1, 0.15) is 5.75 Å². The summed E-state index contributed by atoms with van der Waals surface area (Å²) in [6.45, 7) is 1.39. The molecule has 1 aliphatic rings. The molecule has 2 N–H and O–H groups in total. The number of hydrogen-bond donors (Lipinski definition) is 2. The highest BCUT2D eigenvalue weighted by atomic mass is 35.5. The fraction of sp³-hybridized carbons (Fsp3) is 0.562. The first-order valence-electron chi connectivity index (χ1n) is 8.30. The van der Waals surface area contributed by atoms with E-state index in [-0.39, 0.29) is 11.9 Å². The number of methoxy groups -OCH3 is 1. The van der Waals surface area contributed by atoms with E-state index in [4.69, 9.17) is 16.3 Å². The summed E-state index contributed by atoms with van der Waals surface area (Å²) in [4.78, 5) is 12.1. The van der Waals surface area contributed by atoms with Gasteiger partial charge < -0.3 is 15.4 Å². The number of piperidine rings is 1. The van der Waals surface area contributed by atoms with Crippen LogP contribution in [0.3, 0.4) is 0 Å². The molecule has 0 atom stereocenters. The second-order valence-corrected chi connectivity index (χ2v) is 8.89. The third-order valence-electron chi connectivity index (χ3n) is 4.32. The predicted octanol–water partition coefficient (Wildman–Crippen LogP) is 1.99. The first-order chi connectivity index (χ1) is 12.2. The summed E-state index contributed by atoms with van der Waals surface area (Å²) < 4.78 is 32.1. The van der Waals surface area contributed by atoms with Gasteiger partial charge in [-0.25, -0.2) is 4.79 Å². The topological polar surface area (TPSA) is 91.0 Å². The number of hydrogen-bond acceptors (Lipinski definition) is 4. The SMILES string of the molecule is COc1ccc(Cl)cc1NC(=O)NCC1CCN(S(=O)(=O)N(C)C)CC1. The molecule has 0 unspecified atom stereocenters. The Kier molecular flexibility index (Phi) is 7.10. The van der Waals surface area contributed by atoms with Crippen molar-refractivity contribution in [2.75, 3.05) is 46.2 Å². The monoisotopic (exact) mass is 404 g/mol. The number of benzene rings is 1. The van der Waals surface area contributed by atoms with Crippen molar-refractivity contribution < 1.29 is 17.9 Å². The van der Waals surface area contributed by atoms with E-state index in [9.17, 15) is 13.2 Å². The smallest absolute Gasteiger partial charge is 0.319 e. The number of anilines is 1. The average molecular weight is 405 g/mol. The highest BCUT2D eigenvalue weighted by Gasteiger charge is 2.29. The Morgan fingerprint density at radius 2 is 2.00 bits per heavy atom. The summed E-state index contributed by atoms with van der Waals surface area (Å²) in [5.41, 5.74) is 0.490. The fourth-order valence-electron chi connectivity index (χ4n) is 2.76. The van der Waals surface area contributed by atoms with Gasteiger partial charge >= 0.3 is 6.03 Å². The Morgan fingerprint density at radius 3 is 2.58 bits per heavy atom. The molecule has 0 saturated carbocycles. The molecule has 0 spiro atoms. The number of rotatable bonds is 6. The maximum absolute atomic E-state index is 12.1. The predicted molar refractivity (Wildman–Crippen MR) is 102 cm³/mol. The van der Waals surface area contributed by atoms with Gasteiger partial charge in [-0.1, -0.05) is 11.6 Å². The van der Waals surface area contributed by atoms with Gasteiger partial charge in [-0.15, -0.1) is 0 Å². The largest absolute Gasteiger partial charge is 0.495 e. The van der Waals surface area contributed by atoms with E-state index in [1.54, 1.807) is 18.2 Å². The molecular formula is C16H25ClN4O4S. The van der Waals surface area contributed by atoms with Gasteiger partial charge in [-0.2, -0.15) is 17.0 Å². The zero-order chi connectivity index (χ0) is 19.3. The van der Waals surface area contributed by atoms with E-state index in [0.29, 0.717) is 48.9 Å². The minimum atomic E-state index is -3.37. The Morgan fingerprint density at radius 1 is 1.35 bits per heavy atom. The van der Waals surface area contributed by atoms with Crippen molar-refractivity contribution in [1.29, 1.82) is 0 Å². The summed E-state index contributed by atoms with van der Waals surface area (Å²) in [6.07, 6.45) is 1.40. The van der Waals surface area contributed by atoms with Gasteiger partial charge in [0.15, 0.2) is 0 Å². The quantitative estimate of drug-likeness (QED) is 0.758. The molecule has 2 rings (SSSR count). The zero-order valence-corrected chi connectivity index (χ0v) is 16.7. The number of nitrogens with zero attached hydrogens (tertiary/aromatic N) is 2. The molecule has 0 bridgehead atoms. The maximum atomic E-state index is 12.1. The van der Waals surface area contributed by atoms with Crippen LogP contribution >= 0.6 is 11.6 Å². The van der Waals surface area contributed by atoms with Gasteiger partial charge in [0.25, 0.3) is 10.2 Å². The Bertz CT molecular complexity index is 734. The summed E-state index contributed by atoms with van der Waals surface area (Å²) in [5.74, 6) is 0.752. The van der Waals surface area contributed by atoms with Crippen molar-refractivity contribution in [2.45, 2.75) is 12.8 Å². The zero-order valence-electron chi connectivity index (χ0n) is 15.2. The van der Waals surface area contributed by atoms with Gasteiger partial charge in [0, 0.05) is 38.8 Å². The Labute approximate surface area is 159 Å². The van der Waals surface area contributed by atoms with Crippen molar-refractivity contribution in [1.82, 2.24) is 13.9 Å². The number of amides is 2. The van der Waals surface area contributed by atoms with E-state index in [2.05, 4.69) is 10.6 Å². The second kappa shape index (κ2) is 8.90. The van der Waals surface area contributed by atoms with Gasteiger partial charge in [-0.05, 0) is 37.0 Å². The van der Waals surface area contributed by atoms with Crippen LogP contribution < -0.4 is 15.4 Å². The second-order valence-electron chi connectivity index (χ2n) is 6.31. The first kappa shape index (κ1) is 20.8. The molecule has 10 heteroatoms. The lowest BCUT2D eigenvalue weighted by molar-refractivity contribution is 0.238. The lowest BCUT2D eigenvalue weighted by Gasteiger charge is -2.32. The normalized spacial score (nSPS) is 16.5. The van der Waals surface area contributed by atoms with Crippen LogP contribution in [0.4, 0.5) is 10.5 Å². The van der Waals surface area contributed by atoms with Crippen LogP contribution in [0.25, 0.3) is 0 Å². The Hall–Kier alpha value is -1.55. The molecule has 1 heterocycles. The molecular weight excluding hydrogens is 380 g/mol. The number of nitrogens with one attached hydrogen (secondary N) is 2. The molecule has 8 nitrogen and oxygen atoms in total. The van der Waals surface area contributed by atoms with Crippen molar-refractivity contribution >= 4 is 33.5 Å². The average Bonchev–Trinajstić information content (AvgIpc) is 2.60. The standard InChI is InChI=1S/C16H25ClN4O4S/c1-20(2)26(23,24)21-8-6-12(7-9-21)11-18-16(22)19-14-10-13(17)4-5-15(14)25-3/h4-5,10,12H,6-9,11H2,1-3H3,(H2,18,19,22). The lowest BCUT2D eigenvalue weighted by atomic mass is 9.98. The number of halogens is 1. The maximum Gasteiger partial charge on any atom is 0.319 e. The third-order valence-corrected chi connectivity index (χ3v) is 6.50. The highest BCUT2D eigenvalue weighted by Crippen LogP contribution is 2.27. The number of carbonyl (C=O) groups excluding carboxylic acids is 1. The first-order valence-corrected chi connectivity index (χ1v) is 10.1. The molecule has 1 fully saturated rings. The van der Waals surface area contributed by atoms with Crippen molar-refractivity contribution in [3.63, 3.8) is 0 Å². The van der Waals surface area contributed by atoms with Gasteiger partial charge in [0.2, 0.25) is 0 Å². The van der Waals surface area contributed by atoms with Gasteiger partial charge in [0.05, 0.1) is 12.8 Å². The van der Waals surface area contributed by atoms with E-state index >= 15 is 0 Å². The minimum Gasteiger partial charge on any atom is -0.495 e. The molecule has 146 valence electrons. The lowest BCUT2D eigenvalue weighted by Crippen LogP contribution is -2.46. The van der Waals surface area contributed by atoms with Crippen LogP contribution in [0.2, 0.25) is 5.02 Å². The molecule has 0 radical (unpaired) electrons. The molecule has 1 saturated heterocycles. The summed E-state index contributed by atoms with van der Waals surface area (Å²) in [5, 5.41) is 6.03.